The van der Waals surface area contributed by atoms with Gasteiger partial charge in [0, 0.05) is 37.8 Å². The Kier molecular flexibility index (Phi) is 13.3. The number of aryl methyl sites for hydroxylation is 1. The van der Waals surface area contributed by atoms with E-state index in [1.54, 1.807) is 36.1 Å². The van der Waals surface area contributed by atoms with Crippen molar-refractivity contribution in [3.8, 4) is 5.75 Å². The van der Waals surface area contributed by atoms with Crippen LogP contribution < -0.4 is 9.46 Å². The molecule has 274 valence electrons. The van der Waals surface area contributed by atoms with Gasteiger partial charge in [-0.2, -0.15) is 13.2 Å². The van der Waals surface area contributed by atoms with Gasteiger partial charge in [-0.05, 0) is 95.1 Å². The summed E-state index contributed by atoms with van der Waals surface area (Å²) in [5, 5.41) is 10.2. The summed E-state index contributed by atoms with van der Waals surface area (Å²) in [6, 6.07) is 15.5. The lowest BCUT2D eigenvalue weighted by Crippen LogP contribution is -2.47. The third kappa shape index (κ3) is 10.7. The molecule has 0 spiro atoms. The standard InChI is InChI=1S/C37H48F3N3O6S/c1-25-9-16-32(17-10-25)50(46,47)41-31-15-18-34-33(20-31)36(45)43(27(3)24-44)21-26(2)35(48-19-7-6-8-28(4)49-34)23-42(5)22-29-11-13-30(14-12-29)37(38,39)40/h9-18,20,26-28,35,41,44H,6-8,19,21-24H2,1-5H3/t26-,27+,28-,35-/m0/s1. The number of benzene rings is 3. The minimum Gasteiger partial charge on any atom is -0.490 e. The fourth-order valence-corrected chi connectivity index (χ4v) is 6.91. The van der Waals surface area contributed by atoms with Gasteiger partial charge in [0.2, 0.25) is 0 Å². The number of halogens is 3. The van der Waals surface area contributed by atoms with E-state index in [9.17, 15) is 31.5 Å². The van der Waals surface area contributed by atoms with Crippen molar-refractivity contribution in [3.05, 3.63) is 89.0 Å². The van der Waals surface area contributed by atoms with E-state index >= 15 is 0 Å². The molecule has 0 bridgehead atoms. The number of aliphatic hydroxyl groups excluding tert-OH is 1. The summed E-state index contributed by atoms with van der Waals surface area (Å²) >= 11 is 0. The van der Waals surface area contributed by atoms with Crippen LogP contribution >= 0.6 is 0 Å². The molecule has 2 N–H and O–H groups in total. The predicted molar refractivity (Wildman–Crippen MR) is 187 cm³/mol. The number of fused-ring (bicyclic) bond motifs is 1. The second kappa shape index (κ2) is 17.0. The summed E-state index contributed by atoms with van der Waals surface area (Å²) in [5.74, 6) is -0.354. The fraction of sp³-hybridized carbons (Fsp3) is 0.486. The van der Waals surface area contributed by atoms with E-state index in [-0.39, 0.29) is 47.4 Å². The quantitative estimate of drug-likeness (QED) is 0.252. The third-order valence-corrected chi connectivity index (χ3v) is 10.3. The molecule has 13 heteroatoms. The van der Waals surface area contributed by atoms with Gasteiger partial charge in [0.15, 0.2) is 0 Å². The molecule has 0 saturated heterocycles. The maximum Gasteiger partial charge on any atom is 0.416 e. The second-order valence-electron chi connectivity index (χ2n) is 13.3. The van der Waals surface area contributed by atoms with E-state index in [0.717, 1.165) is 36.1 Å². The molecular weight excluding hydrogens is 671 g/mol. The Morgan fingerprint density at radius 3 is 2.36 bits per heavy atom. The zero-order valence-corrected chi connectivity index (χ0v) is 30.1. The van der Waals surface area contributed by atoms with Gasteiger partial charge >= 0.3 is 6.18 Å². The Hall–Kier alpha value is -3.65. The van der Waals surface area contributed by atoms with Crippen molar-refractivity contribution in [2.45, 2.75) is 82.8 Å². The first-order chi connectivity index (χ1) is 23.6. The summed E-state index contributed by atoms with van der Waals surface area (Å²) in [4.78, 5) is 18.0. The maximum absolute atomic E-state index is 14.4. The number of hydrogen-bond acceptors (Lipinski definition) is 7. The Bertz CT molecular complexity index is 1670. The topological polar surface area (TPSA) is 108 Å². The highest BCUT2D eigenvalue weighted by atomic mass is 32.2. The number of nitrogens with zero attached hydrogens (tertiary/aromatic N) is 2. The number of ether oxygens (including phenoxy) is 2. The van der Waals surface area contributed by atoms with E-state index in [0.29, 0.717) is 31.9 Å². The number of rotatable bonds is 9. The van der Waals surface area contributed by atoms with Gasteiger partial charge in [-0.25, -0.2) is 8.42 Å². The van der Waals surface area contributed by atoms with Crippen LogP contribution in [0.5, 0.6) is 5.75 Å². The number of likely N-dealkylation sites (N-methyl/N-ethyl adjacent to an activating group) is 1. The van der Waals surface area contributed by atoms with E-state index in [1.165, 1.54) is 30.3 Å². The van der Waals surface area contributed by atoms with Crippen LogP contribution in [0.3, 0.4) is 0 Å². The number of hydrogen-bond donors (Lipinski definition) is 2. The molecule has 0 radical (unpaired) electrons. The number of anilines is 1. The van der Waals surface area contributed by atoms with Crippen LogP contribution in [-0.4, -0.2) is 80.8 Å². The Balaban J connectivity index is 1.61. The van der Waals surface area contributed by atoms with Gasteiger partial charge in [-0.1, -0.05) is 36.8 Å². The number of aliphatic hydroxyl groups is 1. The molecule has 0 saturated carbocycles. The number of alkyl halides is 3. The first-order valence-corrected chi connectivity index (χ1v) is 18.3. The summed E-state index contributed by atoms with van der Waals surface area (Å²) in [5.41, 5.74) is 1.27. The molecule has 1 heterocycles. The van der Waals surface area contributed by atoms with Gasteiger partial charge < -0.3 is 19.5 Å². The van der Waals surface area contributed by atoms with Crippen LogP contribution in [0.15, 0.2) is 71.6 Å². The van der Waals surface area contributed by atoms with Crippen molar-refractivity contribution >= 4 is 21.6 Å². The number of carbonyl (C=O) groups is 1. The summed E-state index contributed by atoms with van der Waals surface area (Å²) < 4.78 is 80.9. The van der Waals surface area contributed by atoms with Crippen LogP contribution in [0.25, 0.3) is 0 Å². The fourth-order valence-electron chi connectivity index (χ4n) is 5.86. The predicted octanol–water partition coefficient (Wildman–Crippen LogP) is 6.74. The molecule has 1 aliphatic rings. The molecule has 0 aromatic heterocycles. The zero-order valence-electron chi connectivity index (χ0n) is 29.2. The SMILES string of the molecule is Cc1ccc(S(=O)(=O)Nc2ccc3c(c2)C(=O)N([C@H](C)CO)C[C@H](C)[C@H](CN(C)Cc2ccc(C(F)(F)F)cc2)OCCCC[C@H](C)O3)cc1. The minimum atomic E-state index is -4.41. The zero-order chi connectivity index (χ0) is 36.6. The molecule has 0 unspecified atom stereocenters. The number of amides is 1. The lowest BCUT2D eigenvalue weighted by atomic mass is 10.0. The normalized spacial score (nSPS) is 20.5. The third-order valence-electron chi connectivity index (χ3n) is 8.86. The van der Waals surface area contributed by atoms with Crippen molar-refractivity contribution in [2.24, 2.45) is 5.92 Å². The van der Waals surface area contributed by atoms with Crippen molar-refractivity contribution in [2.75, 3.05) is 38.1 Å². The summed E-state index contributed by atoms with van der Waals surface area (Å²) in [6.07, 6.45) is -2.76. The molecule has 50 heavy (non-hydrogen) atoms. The van der Waals surface area contributed by atoms with Gasteiger partial charge in [0.25, 0.3) is 15.9 Å². The van der Waals surface area contributed by atoms with Crippen molar-refractivity contribution in [3.63, 3.8) is 0 Å². The molecular formula is C37H48F3N3O6S. The molecule has 3 aromatic rings. The van der Waals surface area contributed by atoms with Crippen LogP contribution in [0.2, 0.25) is 0 Å². The summed E-state index contributed by atoms with van der Waals surface area (Å²) in [6.45, 7) is 8.65. The Morgan fingerprint density at radius 2 is 1.72 bits per heavy atom. The maximum atomic E-state index is 14.4. The van der Waals surface area contributed by atoms with Gasteiger partial charge in [-0.15, -0.1) is 0 Å². The second-order valence-corrected chi connectivity index (χ2v) is 15.0. The van der Waals surface area contributed by atoms with Crippen LogP contribution in [-0.2, 0) is 27.5 Å². The molecule has 1 aliphatic heterocycles. The molecule has 0 fully saturated rings. The monoisotopic (exact) mass is 719 g/mol. The lowest BCUT2D eigenvalue weighted by Gasteiger charge is -2.36. The van der Waals surface area contributed by atoms with E-state index < -0.39 is 33.7 Å². The molecule has 1 amide bonds. The molecule has 0 aliphatic carbocycles. The van der Waals surface area contributed by atoms with Crippen molar-refractivity contribution < 1.29 is 41.0 Å². The molecule has 4 atom stereocenters. The lowest BCUT2D eigenvalue weighted by molar-refractivity contribution is -0.137. The average molecular weight is 720 g/mol. The highest BCUT2D eigenvalue weighted by Crippen LogP contribution is 2.31. The number of sulfonamides is 1. The van der Waals surface area contributed by atoms with Gasteiger partial charge in [0.05, 0.1) is 40.9 Å². The van der Waals surface area contributed by atoms with Crippen molar-refractivity contribution in [1.82, 2.24) is 9.80 Å². The number of carbonyl (C=O) groups excluding carboxylic acids is 1. The molecule has 4 rings (SSSR count). The summed E-state index contributed by atoms with van der Waals surface area (Å²) in [7, 11) is -2.09. The first-order valence-electron chi connectivity index (χ1n) is 16.9. The van der Waals surface area contributed by atoms with Crippen molar-refractivity contribution in [1.29, 1.82) is 0 Å². The van der Waals surface area contributed by atoms with Crippen LogP contribution in [0.4, 0.5) is 18.9 Å². The highest BCUT2D eigenvalue weighted by molar-refractivity contribution is 7.92. The van der Waals surface area contributed by atoms with Crippen LogP contribution in [0, 0.1) is 12.8 Å². The van der Waals surface area contributed by atoms with Gasteiger partial charge in [0.1, 0.15) is 5.75 Å². The van der Waals surface area contributed by atoms with E-state index in [2.05, 4.69) is 4.72 Å². The first kappa shape index (κ1) is 39.1. The molecule has 9 nitrogen and oxygen atoms in total. The highest BCUT2D eigenvalue weighted by Gasteiger charge is 2.32. The smallest absolute Gasteiger partial charge is 0.416 e. The molecule has 3 aromatic carbocycles. The Morgan fingerprint density at radius 1 is 1.04 bits per heavy atom. The average Bonchev–Trinajstić information content (AvgIpc) is 3.06. The largest absolute Gasteiger partial charge is 0.490 e. The number of nitrogens with one attached hydrogen (secondary N) is 1. The van der Waals surface area contributed by atoms with E-state index in [1.807, 2.05) is 32.7 Å². The van der Waals surface area contributed by atoms with E-state index in [4.69, 9.17) is 9.47 Å². The van der Waals surface area contributed by atoms with Gasteiger partial charge in [-0.3, -0.25) is 14.4 Å². The van der Waals surface area contributed by atoms with Crippen LogP contribution in [0.1, 0.15) is 67.1 Å². The Labute approximate surface area is 293 Å². The minimum absolute atomic E-state index is 0.0815.